The number of allylic oxidation sites excluding steroid dienone is 2. The second kappa shape index (κ2) is 8.12. The number of hydrogen-bond donors (Lipinski definition) is 0. The van der Waals surface area contributed by atoms with Gasteiger partial charge in [0.15, 0.2) is 6.61 Å². The molecule has 0 radical (unpaired) electrons. The van der Waals surface area contributed by atoms with Crippen LogP contribution >= 0.6 is 0 Å². The van der Waals surface area contributed by atoms with Crippen molar-refractivity contribution in [2.75, 3.05) is 13.2 Å². The number of amides is 2. The smallest absolute Gasteiger partial charge is 0.326 e. The van der Waals surface area contributed by atoms with Crippen molar-refractivity contribution in [1.29, 1.82) is 0 Å². The van der Waals surface area contributed by atoms with E-state index in [9.17, 15) is 19.2 Å². The van der Waals surface area contributed by atoms with Crippen LogP contribution in [0.1, 0.15) is 47.9 Å². The number of ketones is 1. The van der Waals surface area contributed by atoms with Crippen molar-refractivity contribution in [1.82, 2.24) is 9.47 Å². The highest BCUT2D eigenvalue weighted by molar-refractivity contribution is 6.07. The monoisotopic (exact) mass is 386 g/mol. The average Bonchev–Trinajstić information content (AvgIpc) is 3.10. The Hall–Kier alpha value is -2.70. The summed E-state index contributed by atoms with van der Waals surface area (Å²) in [5.41, 5.74) is 2.37. The van der Waals surface area contributed by atoms with Crippen molar-refractivity contribution in [2.45, 2.75) is 46.6 Å². The first kappa shape index (κ1) is 20.0. The second-order valence-electron chi connectivity index (χ2n) is 7.44. The number of aromatic nitrogens is 1. The summed E-state index contributed by atoms with van der Waals surface area (Å²) in [7, 11) is 0. The molecule has 2 atom stereocenters. The van der Waals surface area contributed by atoms with E-state index in [4.69, 9.17) is 4.74 Å². The van der Waals surface area contributed by atoms with Crippen LogP contribution in [0.25, 0.3) is 0 Å². The van der Waals surface area contributed by atoms with E-state index in [0.29, 0.717) is 18.4 Å². The van der Waals surface area contributed by atoms with Crippen LogP contribution in [0.3, 0.4) is 0 Å². The SMILES string of the molecule is CCCn1c(C)cc(C(=O)COC(=O)CN2C(=O)[C@@H]3CC=CC[C@H]3C2=O)c1C. The topological polar surface area (TPSA) is 85.7 Å². The summed E-state index contributed by atoms with van der Waals surface area (Å²) in [6.45, 7) is 5.85. The number of esters is 1. The van der Waals surface area contributed by atoms with Gasteiger partial charge in [0.25, 0.3) is 0 Å². The molecule has 0 unspecified atom stereocenters. The van der Waals surface area contributed by atoms with Gasteiger partial charge in [-0.25, -0.2) is 0 Å². The van der Waals surface area contributed by atoms with E-state index >= 15 is 0 Å². The van der Waals surface area contributed by atoms with Crippen LogP contribution in [0, 0.1) is 25.7 Å². The largest absolute Gasteiger partial charge is 0.456 e. The number of hydrogen-bond acceptors (Lipinski definition) is 5. The molecule has 1 saturated heterocycles. The molecule has 2 amide bonds. The van der Waals surface area contributed by atoms with E-state index in [1.807, 2.05) is 26.0 Å². The van der Waals surface area contributed by atoms with Gasteiger partial charge in [0.05, 0.1) is 11.8 Å². The minimum atomic E-state index is -0.746. The zero-order valence-electron chi connectivity index (χ0n) is 16.6. The fraction of sp³-hybridized carbons (Fsp3) is 0.524. The number of aryl methyl sites for hydroxylation is 1. The predicted octanol–water partition coefficient (Wildman–Crippen LogP) is 2.19. The highest BCUT2D eigenvalue weighted by Crippen LogP contribution is 2.34. The van der Waals surface area contributed by atoms with Gasteiger partial charge in [-0.1, -0.05) is 19.1 Å². The summed E-state index contributed by atoms with van der Waals surface area (Å²) in [6.07, 6.45) is 5.78. The summed E-state index contributed by atoms with van der Waals surface area (Å²) in [5, 5.41) is 0. The third-order valence-corrected chi connectivity index (χ3v) is 5.57. The predicted molar refractivity (Wildman–Crippen MR) is 102 cm³/mol. The minimum Gasteiger partial charge on any atom is -0.456 e. The van der Waals surface area contributed by atoms with Crippen molar-refractivity contribution >= 4 is 23.6 Å². The van der Waals surface area contributed by atoms with E-state index in [0.717, 1.165) is 29.3 Å². The number of carbonyl (C=O) groups is 4. The molecule has 3 rings (SSSR count). The maximum Gasteiger partial charge on any atom is 0.326 e. The quantitative estimate of drug-likeness (QED) is 0.310. The average molecular weight is 386 g/mol. The standard InChI is InChI=1S/C21H26N2O5/c1-4-9-22-13(2)10-17(14(22)3)18(24)12-28-19(25)11-23-20(26)15-7-5-6-8-16(15)21(23)27/h5-6,10,15-16H,4,7-9,11-12H2,1-3H3/t15-,16-/m1/s1. The van der Waals surface area contributed by atoms with Crippen molar-refractivity contribution in [3.63, 3.8) is 0 Å². The molecule has 1 aromatic heterocycles. The van der Waals surface area contributed by atoms with Crippen LogP contribution in [0.15, 0.2) is 18.2 Å². The molecule has 7 heteroatoms. The molecular weight excluding hydrogens is 360 g/mol. The minimum absolute atomic E-state index is 0.291. The normalized spacial score (nSPS) is 21.2. The molecule has 0 saturated carbocycles. The summed E-state index contributed by atoms with van der Waals surface area (Å²) in [4.78, 5) is 50.4. The van der Waals surface area contributed by atoms with E-state index < -0.39 is 19.1 Å². The van der Waals surface area contributed by atoms with Gasteiger partial charge in [-0.15, -0.1) is 0 Å². The fourth-order valence-corrected chi connectivity index (χ4v) is 4.07. The Morgan fingerprint density at radius 2 is 1.71 bits per heavy atom. The van der Waals surface area contributed by atoms with Crippen LogP contribution in [-0.2, 0) is 25.7 Å². The molecular formula is C21H26N2O5. The van der Waals surface area contributed by atoms with Gasteiger partial charge in [0.1, 0.15) is 6.54 Å². The van der Waals surface area contributed by atoms with Gasteiger partial charge < -0.3 is 9.30 Å². The Balaban J connectivity index is 1.58. The molecule has 28 heavy (non-hydrogen) atoms. The molecule has 1 fully saturated rings. The number of nitrogens with zero attached hydrogens (tertiary/aromatic N) is 2. The molecule has 2 heterocycles. The Morgan fingerprint density at radius 3 is 2.29 bits per heavy atom. The lowest BCUT2D eigenvalue weighted by atomic mass is 9.85. The first-order valence-corrected chi connectivity index (χ1v) is 9.70. The Kier molecular flexibility index (Phi) is 5.82. The van der Waals surface area contributed by atoms with Crippen LogP contribution in [-0.4, -0.2) is 46.2 Å². The zero-order valence-corrected chi connectivity index (χ0v) is 16.6. The molecule has 7 nitrogen and oxygen atoms in total. The third kappa shape index (κ3) is 3.66. The molecule has 0 aromatic carbocycles. The number of Topliss-reactive ketones (excluding diaryl/α,β-unsaturated/α-hetero) is 1. The van der Waals surface area contributed by atoms with Crippen molar-refractivity contribution in [2.24, 2.45) is 11.8 Å². The molecule has 0 N–H and O–H groups in total. The Labute approximate surface area is 164 Å². The van der Waals surface area contributed by atoms with E-state index in [1.165, 1.54) is 0 Å². The highest BCUT2D eigenvalue weighted by atomic mass is 16.5. The van der Waals surface area contributed by atoms with Crippen LogP contribution in [0.2, 0.25) is 0 Å². The molecule has 2 aliphatic rings. The first-order chi connectivity index (χ1) is 13.3. The Bertz CT molecular complexity index is 825. The zero-order chi connectivity index (χ0) is 20.4. The molecule has 0 spiro atoms. The number of imide groups is 1. The number of carbonyl (C=O) groups excluding carboxylic acids is 4. The number of likely N-dealkylation sites (tertiary alicyclic amines) is 1. The lowest BCUT2D eigenvalue weighted by Crippen LogP contribution is -2.37. The maximum atomic E-state index is 12.5. The van der Waals surface area contributed by atoms with E-state index in [2.05, 4.69) is 11.5 Å². The van der Waals surface area contributed by atoms with Gasteiger partial charge in [-0.05, 0) is 39.2 Å². The van der Waals surface area contributed by atoms with Crippen molar-refractivity contribution in [3.8, 4) is 0 Å². The van der Waals surface area contributed by atoms with Crippen LogP contribution in [0.5, 0.6) is 0 Å². The van der Waals surface area contributed by atoms with Gasteiger partial charge in [-0.2, -0.15) is 0 Å². The van der Waals surface area contributed by atoms with Gasteiger partial charge in [0.2, 0.25) is 17.6 Å². The van der Waals surface area contributed by atoms with E-state index in [1.54, 1.807) is 6.07 Å². The van der Waals surface area contributed by atoms with Gasteiger partial charge in [-0.3, -0.25) is 24.1 Å². The van der Waals surface area contributed by atoms with Gasteiger partial charge in [0, 0.05) is 23.5 Å². The number of rotatable bonds is 7. The van der Waals surface area contributed by atoms with Crippen molar-refractivity contribution < 1.29 is 23.9 Å². The summed E-state index contributed by atoms with van der Waals surface area (Å²) in [5.74, 6) is -2.45. The lowest BCUT2D eigenvalue weighted by Gasteiger charge is -2.14. The number of ether oxygens (including phenoxy) is 1. The lowest BCUT2D eigenvalue weighted by molar-refractivity contribution is -0.152. The van der Waals surface area contributed by atoms with Gasteiger partial charge >= 0.3 is 5.97 Å². The summed E-state index contributed by atoms with van der Waals surface area (Å²) < 4.78 is 7.14. The summed E-state index contributed by atoms with van der Waals surface area (Å²) in [6, 6.07) is 1.80. The van der Waals surface area contributed by atoms with Crippen molar-refractivity contribution in [3.05, 3.63) is 35.2 Å². The molecule has 1 aromatic rings. The Morgan fingerprint density at radius 1 is 1.11 bits per heavy atom. The fourth-order valence-electron chi connectivity index (χ4n) is 4.07. The third-order valence-electron chi connectivity index (χ3n) is 5.57. The molecule has 1 aliphatic carbocycles. The van der Waals surface area contributed by atoms with E-state index in [-0.39, 0.29) is 29.4 Å². The van der Waals surface area contributed by atoms with Crippen LogP contribution in [0.4, 0.5) is 0 Å². The summed E-state index contributed by atoms with van der Waals surface area (Å²) >= 11 is 0. The maximum absolute atomic E-state index is 12.5. The molecule has 0 bridgehead atoms. The van der Waals surface area contributed by atoms with Crippen LogP contribution < -0.4 is 0 Å². The molecule has 1 aliphatic heterocycles. The second-order valence-corrected chi connectivity index (χ2v) is 7.44. The first-order valence-electron chi connectivity index (χ1n) is 9.70. The molecule has 150 valence electrons. The highest BCUT2D eigenvalue weighted by Gasteiger charge is 2.47. The number of fused-ring (bicyclic) bond motifs is 1.